The Labute approximate surface area is 131 Å². The number of amides is 1. The summed E-state index contributed by atoms with van der Waals surface area (Å²) in [7, 11) is 0. The van der Waals surface area contributed by atoms with Crippen LogP contribution in [-0.2, 0) is 14.3 Å². The number of carbonyl (C=O) groups is 2. The lowest BCUT2D eigenvalue weighted by Gasteiger charge is -2.14. The third-order valence-electron chi connectivity index (χ3n) is 3.17. The summed E-state index contributed by atoms with van der Waals surface area (Å²) >= 11 is 6.31. The Hall–Kier alpha value is -1.61. The fourth-order valence-electron chi connectivity index (χ4n) is 2.16. The van der Waals surface area contributed by atoms with E-state index in [1.807, 2.05) is 6.92 Å². The number of nitrogens with zero attached hydrogens (tertiary/aromatic N) is 2. The number of hydrogen-bond donors (Lipinski definition) is 2. The molecule has 21 heavy (non-hydrogen) atoms. The standard InChI is InChI=1S/C12H16N4O3S2/c1-6(3-8-4-7(2)19-10(8)18)9(17)14-11(20)15-12-16-13-5-21-12/h5-8H,3-4H2,1-2H3,(H2,14,15,16,17,20)/t6-,7-,8-/m1/s1. The van der Waals surface area contributed by atoms with Crippen molar-refractivity contribution in [3.63, 3.8) is 0 Å². The monoisotopic (exact) mass is 328 g/mol. The first-order valence-corrected chi connectivity index (χ1v) is 7.83. The highest BCUT2D eigenvalue weighted by atomic mass is 32.1. The Bertz CT molecular complexity index is 535. The van der Waals surface area contributed by atoms with Crippen molar-refractivity contribution in [2.24, 2.45) is 11.8 Å². The molecule has 114 valence electrons. The molecule has 3 atom stereocenters. The third kappa shape index (κ3) is 4.43. The molecule has 1 aliphatic heterocycles. The van der Waals surface area contributed by atoms with Crippen LogP contribution in [0.15, 0.2) is 5.51 Å². The molecular formula is C12H16N4O3S2. The molecule has 0 spiro atoms. The Kier molecular flexibility index (Phi) is 5.18. The SMILES string of the molecule is C[C@@H]1C[C@@H](C[C@@H](C)C(=O)NC(=S)Nc2nncs2)C(=O)O1. The molecule has 1 aromatic rings. The van der Waals surface area contributed by atoms with E-state index in [0.717, 1.165) is 0 Å². The fraction of sp³-hybridized carbons (Fsp3) is 0.583. The molecule has 7 nitrogen and oxygen atoms in total. The fourth-order valence-corrected chi connectivity index (χ4v) is 2.87. The molecule has 0 bridgehead atoms. The second-order valence-corrected chi connectivity index (χ2v) is 6.25. The maximum absolute atomic E-state index is 12.0. The van der Waals surface area contributed by atoms with Gasteiger partial charge in [-0.3, -0.25) is 9.59 Å². The van der Waals surface area contributed by atoms with Gasteiger partial charge in [-0.1, -0.05) is 18.3 Å². The van der Waals surface area contributed by atoms with E-state index in [4.69, 9.17) is 17.0 Å². The summed E-state index contributed by atoms with van der Waals surface area (Å²) in [5.41, 5.74) is 1.56. The first-order chi connectivity index (χ1) is 9.95. The minimum Gasteiger partial charge on any atom is -0.462 e. The molecule has 9 heteroatoms. The van der Waals surface area contributed by atoms with Crippen molar-refractivity contribution in [1.82, 2.24) is 15.5 Å². The Morgan fingerprint density at radius 3 is 3.00 bits per heavy atom. The van der Waals surface area contributed by atoms with Crippen LogP contribution in [-0.4, -0.2) is 33.3 Å². The lowest BCUT2D eigenvalue weighted by atomic mass is 9.93. The quantitative estimate of drug-likeness (QED) is 0.636. The van der Waals surface area contributed by atoms with Crippen LogP contribution in [0, 0.1) is 11.8 Å². The average Bonchev–Trinajstić information content (AvgIpc) is 2.99. The van der Waals surface area contributed by atoms with Gasteiger partial charge in [0.25, 0.3) is 0 Å². The van der Waals surface area contributed by atoms with E-state index in [9.17, 15) is 9.59 Å². The normalized spacial score (nSPS) is 22.5. The van der Waals surface area contributed by atoms with Crippen molar-refractivity contribution in [1.29, 1.82) is 0 Å². The van der Waals surface area contributed by atoms with Gasteiger partial charge < -0.3 is 15.4 Å². The summed E-state index contributed by atoms with van der Waals surface area (Å²) in [5, 5.41) is 13.5. The number of aromatic nitrogens is 2. The van der Waals surface area contributed by atoms with Gasteiger partial charge >= 0.3 is 5.97 Å². The molecule has 2 heterocycles. The van der Waals surface area contributed by atoms with Gasteiger partial charge in [-0.15, -0.1) is 10.2 Å². The lowest BCUT2D eigenvalue weighted by molar-refractivity contribution is -0.144. The predicted octanol–water partition coefficient (Wildman–Crippen LogP) is 1.33. The van der Waals surface area contributed by atoms with Gasteiger partial charge in [-0.2, -0.15) is 0 Å². The van der Waals surface area contributed by atoms with E-state index < -0.39 is 0 Å². The summed E-state index contributed by atoms with van der Waals surface area (Å²) in [6.45, 7) is 3.61. The second-order valence-electron chi connectivity index (χ2n) is 5.00. The van der Waals surface area contributed by atoms with E-state index in [1.165, 1.54) is 11.3 Å². The van der Waals surface area contributed by atoms with Gasteiger partial charge in [0.15, 0.2) is 5.11 Å². The first-order valence-electron chi connectivity index (χ1n) is 6.54. The zero-order chi connectivity index (χ0) is 15.4. The van der Waals surface area contributed by atoms with Crippen molar-refractivity contribution in [3.05, 3.63) is 5.51 Å². The predicted molar refractivity (Wildman–Crippen MR) is 81.7 cm³/mol. The smallest absolute Gasteiger partial charge is 0.309 e. The minimum absolute atomic E-state index is 0.0714. The molecule has 0 aromatic carbocycles. The summed E-state index contributed by atoms with van der Waals surface area (Å²) in [6, 6.07) is 0. The minimum atomic E-state index is -0.331. The van der Waals surface area contributed by atoms with Crippen LogP contribution in [0.2, 0.25) is 0 Å². The van der Waals surface area contributed by atoms with Gasteiger partial charge in [0.05, 0.1) is 12.0 Å². The molecule has 1 fully saturated rings. The summed E-state index contributed by atoms with van der Waals surface area (Å²) < 4.78 is 5.08. The van der Waals surface area contributed by atoms with E-state index in [-0.39, 0.29) is 34.9 Å². The highest BCUT2D eigenvalue weighted by Crippen LogP contribution is 2.26. The third-order valence-corrected chi connectivity index (χ3v) is 3.98. The summed E-state index contributed by atoms with van der Waals surface area (Å²) in [6.07, 6.45) is 1.04. The van der Waals surface area contributed by atoms with E-state index in [0.29, 0.717) is 18.0 Å². The van der Waals surface area contributed by atoms with Crippen LogP contribution in [0.3, 0.4) is 0 Å². The zero-order valence-electron chi connectivity index (χ0n) is 11.7. The van der Waals surface area contributed by atoms with Crippen molar-refractivity contribution < 1.29 is 14.3 Å². The molecular weight excluding hydrogens is 312 g/mol. The number of carbonyl (C=O) groups excluding carboxylic acids is 2. The molecule has 0 aliphatic carbocycles. The van der Waals surface area contributed by atoms with Crippen molar-refractivity contribution >= 4 is 45.7 Å². The zero-order valence-corrected chi connectivity index (χ0v) is 13.3. The van der Waals surface area contributed by atoms with Crippen molar-refractivity contribution in [2.45, 2.75) is 32.8 Å². The Balaban J connectivity index is 1.79. The maximum atomic E-state index is 12.0. The van der Waals surface area contributed by atoms with E-state index in [2.05, 4.69) is 20.8 Å². The van der Waals surface area contributed by atoms with E-state index in [1.54, 1.807) is 12.4 Å². The van der Waals surface area contributed by atoms with Crippen LogP contribution in [0.5, 0.6) is 0 Å². The maximum Gasteiger partial charge on any atom is 0.309 e. The second kappa shape index (κ2) is 6.90. The van der Waals surface area contributed by atoms with Crippen molar-refractivity contribution in [2.75, 3.05) is 5.32 Å². The molecule has 1 aliphatic rings. The van der Waals surface area contributed by atoms with E-state index >= 15 is 0 Å². The number of rotatable bonds is 4. The van der Waals surface area contributed by atoms with Crippen LogP contribution in [0.4, 0.5) is 5.13 Å². The van der Waals surface area contributed by atoms with Crippen LogP contribution in [0.25, 0.3) is 0 Å². The number of thiocarbonyl (C=S) groups is 1. The van der Waals surface area contributed by atoms with Crippen LogP contribution in [0.1, 0.15) is 26.7 Å². The average molecular weight is 328 g/mol. The van der Waals surface area contributed by atoms with Crippen molar-refractivity contribution in [3.8, 4) is 0 Å². The highest BCUT2D eigenvalue weighted by Gasteiger charge is 2.34. The van der Waals surface area contributed by atoms with Gasteiger partial charge in [-0.05, 0) is 32.0 Å². The molecule has 0 unspecified atom stereocenters. The van der Waals surface area contributed by atoms with Gasteiger partial charge in [0, 0.05) is 5.92 Å². The summed E-state index contributed by atoms with van der Waals surface area (Å²) in [5.74, 6) is -1.01. The van der Waals surface area contributed by atoms with Gasteiger partial charge in [0.1, 0.15) is 5.51 Å². The summed E-state index contributed by atoms with van der Waals surface area (Å²) in [4.78, 5) is 23.6. The topological polar surface area (TPSA) is 93.2 Å². The number of cyclic esters (lactones) is 1. The van der Waals surface area contributed by atoms with Crippen LogP contribution >= 0.6 is 23.6 Å². The largest absolute Gasteiger partial charge is 0.462 e. The number of ether oxygens (including phenoxy) is 1. The Morgan fingerprint density at radius 2 is 2.43 bits per heavy atom. The molecule has 1 amide bonds. The lowest BCUT2D eigenvalue weighted by Crippen LogP contribution is -2.38. The molecule has 0 saturated carbocycles. The number of hydrogen-bond acceptors (Lipinski definition) is 7. The molecule has 2 N–H and O–H groups in total. The number of nitrogens with one attached hydrogen (secondary N) is 2. The molecule has 1 saturated heterocycles. The number of esters is 1. The van der Waals surface area contributed by atoms with Gasteiger partial charge in [0.2, 0.25) is 11.0 Å². The number of anilines is 1. The molecule has 0 radical (unpaired) electrons. The van der Waals surface area contributed by atoms with Gasteiger partial charge in [-0.25, -0.2) is 0 Å². The van der Waals surface area contributed by atoms with Crippen LogP contribution < -0.4 is 10.6 Å². The highest BCUT2D eigenvalue weighted by molar-refractivity contribution is 7.80. The first kappa shape index (κ1) is 15.8. The molecule has 1 aromatic heterocycles. The molecule has 2 rings (SSSR count). The Morgan fingerprint density at radius 1 is 1.67 bits per heavy atom.